The first kappa shape index (κ1) is 13.7. The van der Waals surface area contributed by atoms with Crippen LogP contribution in [0, 0.1) is 0 Å². The SMILES string of the molecule is CCCOc1nc(Nc2cccc(Br)c2)ccc1N. The van der Waals surface area contributed by atoms with Gasteiger partial charge in [0.2, 0.25) is 5.88 Å². The highest BCUT2D eigenvalue weighted by molar-refractivity contribution is 9.10. The molecule has 3 N–H and O–H groups in total. The van der Waals surface area contributed by atoms with Crippen molar-refractivity contribution in [3.05, 3.63) is 40.9 Å². The lowest BCUT2D eigenvalue weighted by atomic mass is 10.3. The minimum Gasteiger partial charge on any atom is -0.476 e. The number of nitrogen functional groups attached to an aromatic ring is 1. The molecule has 19 heavy (non-hydrogen) atoms. The molecule has 2 rings (SSSR count). The lowest BCUT2D eigenvalue weighted by molar-refractivity contribution is 0.307. The van der Waals surface area contributed by atoms with Crippen molar-refractivity contribution in [2.24, 2.45) is 0 Å². The van der Waals surface area contributed by atoms with Crippen LogP contribution in [0.1, 0.15) is 13.3 Å². The Morgan fingerprint density at radius 3 is 2.89 bits per heavy atom. The summed E-state index contributed by atoms with van der Waals surface area (Å²) in [7, 11) is 0. The highest BCUT2D eigenvalue weighted by Gasteiger charge is 2.04. The van der Waals surface area contributed by atoms with E-state index in [0.717, 1.165) is 16.6 Å². The first-order valence-corrected chi connectivity index (χ1v) is 6.90. The van der Waals surface area contributed by atoms with Gasteiger partial charge in [-0.2, -0.15) is 4.98 Å². The van der Waals surface area contributed by atoms with Crippen LogP contribution in [0.15, 0.2) is 40.9 Å². The van der Waals surface area contributed by atoms with Crippen molar-refractivity contribution in [3.8, 4) is 5.88 Å². The van der Waals surface area contributed by atoms with E-state index >= 15 is 0 Å². The molecule has 0 saturated heterocycles. The van der Waals surface area contributed by atoms with Gasteiger partial charge in [-0.25, -0.2) is 0 Å². The van der Waals surface area contributed by atoms with E-state index < -0.39 is 0 Å². The lowest BCUT2D eigenvalue weighted by Crippen LogP contribution is -2.03. The fourth-order valence-electron chi connectivity index (χ4n) is 1.55. The summed E-state index contributed by atoms with van der Waals surface area (Å²) < 4.78 is 6.51. The molecule has 1 aromatic heterocycles. The van der Waals surface area contributed by atoms with E-state index in [-0.39, 0.29) is 0 Å². The van der Waals surface area contributed by atoms with Crippen LogP contribution in [0.5, 0.6) is 5.88 Å². The zero-order valence-corrected chi connectivity index (χ0v) is 12.3. The number of aromatic nitrogens is 1. The van der Waals surface area contributed by atoms with Gasteiger partial charge in [-0.1, -0.05) is 28.9 Å². The smallest absolute Gasteiger partial charge is 0.239 e. The molecule has 0 fully saturated rings. The van der Waals surface area contributed by atoms with Crippen molar-refractivity contribution < 1.29 is 4.74 Å². The Morgan fingerprint density at radius 2 is 2.16 bits per heavy atom. The van der Waals surface area contributed by atoms with Crippen LogP contribution in [-0.4, -0.2) is 11.6 Å². The Labute approximate surface area is 121 Å². The normalized spacial score (nSPS) is 10.2. The summed E-state index contributed by atoms with van der Waals surface area (Å²) in [5, 5.41) is 3.21. The zero-order valence-electron chi connectivity index (χ0n) is 10.7. The molecule has 0 aliphatic heterocycles. The van der Waals surface area contributed by atoms with Crippen molar-refractivity contribution in [1.29, 1.82) is 0 Å². The van der Waals surface area contributed by atoms with Crippen LogP contribution in [0.2, 0.25) is 0 Å². The average molecular weight is 322 g/mol. The van der Waals surface area contributed by atoms with Gasteiger partial charge in [0, 0.05) is 10.2 Å². The van der Waals surface area contributed by atoms with Crippen molar-refractivity contribution >= 4 is 33.1 Å². The van der Waals surface area contributed by atoms with E-state index in [1.807, 2.05) is 37.3 Å². The van der Waals surface area contributed by atoms with Crippen molar-refractivity contribution in [1.82, 2.24) is 4.98 Å². The number of hydrogen-bond donors (Lipinski definition) is 2. The van der Waals surface area contributed by atoms with Crippen LogP contribution in [-0.2, 0) is 0 Å². The predicted octanol–water partition coefficient (Wildman–Crippen LogP) is 3.96. The molecule has 5 heteroatoms. The Balaban J connectivity index is 2.16. The summed E-state index contributed by atoms with van der Waals surface area (Å²) >= 11 is 3.43. The van der Waals surface area contributed by atoms with E-state index in [2.05, 4.69) is 26.2 Å². The van der Waals surface area contributed by atoms with Gasteiger partial charge >= 0.3 is 0 Å². The maximum atomic E-state index is 5.82. The van der Waals surface area contributed by atoms with Gasteiger partial charge in [-0.05, 0) is 36.8 Å². The zero-order chi connectivity index (χ0) is 13.7. The Morgan fingerprint density at radius 1 is 1.32 bits per heavy atom. The second-order valence-electron chi connectivity index (χ2n) is 4.07. The number of pyridine rings is 1. The summed E-state index contributed by atoms with van der Waals surface area (Å²) in [6.45, 7) is 2.65. The summed E-state index contributed by atoms with van der Waals surface area (Å²) in [4.78, 5) is 4.36. The Hall–Kier alpha value is -1.75. The predicted molar refractivity (Wildman–Crippen MR) is 81.9 cm³/mol. The molecule has 0 saturated carbocycles. The van der Waals surface area contributed by atoms with E-state index in [9.17, 15) is 0 Å². The number of rotatable bonds is 5. The molecule has 4 nitrogen and oxygen atoms in total. The molecule has 2 aromatic rings. The monoisotopic (exact) mass is 321 g/mol. The molecular weight excluding hydrogens is 306 g/mol. The number of anilines is 3. The standard InChI is InChI=1S/C14H16BrN3O/c1-2-8-19-14-12(16)6-7-13(18-14)17-11-5-3-4-10(15)9-11/h3-7,9H,2,8,16H2,1H3,(H,17,18). The highest BCUT2D eigenvalue weighted by atomic mass is 79.9. The fourth-order valence-corrected chi connectivity index (χ4v) is 1.95. The molecule has 0 radical (unpaired) electrons. The van der Waals surface area contributed by atoms with Crippen LogP contribution in [0.4, 0.5) is 17.2 Å². The van der Waals surface area contributed by atoms with Crippen LogP contribution >= 0.6 is 15.9 Å². The van der Waals surface area contributed by atoms with Crippen molar-refractivity contribution in [3.63, 3.8) is 0 Å². The van der Waals surface area contributed by atoms with Gasteiger partial charge < -0.3 is 15.8 Å². The maximum Gasteiger partial charge on any atom is 0.239 e. The summed E-state index contributed by atoms with van der Waals surface area (Å²) in [5.41, 5.74) is 7.33. The first-order chi connectivity index (χ1) is 9.19. The molecule has 0 unspecified atom stereocenters. The second-order valence-corrected chi connectivity index (χ2v) is 4.99. The van der Waals surface area contributed by atoms with Gasteiger partial charge in [0.15, 0.2) is 0 Å². The molecule has 0 bridgehead atoms. The number of benzene rings is 1. The number of ether oxygens (including phenoxy) is 1. The van der Waals surface area contributed by atoms with Crippen LogP contribution in [0.25, 0.3) is 0 Å². The topological polar surface area (TPSA) is 60.2 Å². The Bertz CT molecular complexity index is 560. The lowest BCUT2D eigenvalue weighted by Gasteiger charge is -2.10. The number of nitrogens with two attached hydrogens (primary N) is 1. The number of halogens is 1. The number of nitrogens with one attached hydrogen (secondary N) is 1. The third-order valence-electron chi connectivity index (χ3n) is 2.43. The van der Waals surface area contributed by atoms with Gasteiger partial charge in [-0.3, -0.25) is 0 Å². The summed E-state index contributed by atoms with van der Waals surface area (Å²) in [6, 6.07) is 11.5. The summed E-state index contributed by atoms with van der Waals surface area (Å²) in [5.74, 6) is 1.18. The molecule has 0 amide bonds. The number of hydrogen-bond acceptors (Lipinski definition) is 4. The van der Waals surface area contributed by atoms with Gasteiger partial charge in [0.1, 0.15) is 5.82 Å². The molecule has 0 spiro atoms. The van der Waals surface area contributed by atoms with E-state index in [0.29, 0.717) is 24.0 Å². The minimum absolute atomic E-state index is 0.474. The van der Waals surface area contributed by atoms with Gasteiger partial charge in [0.25, 0.3) is 0 Å². The molecule has 1 heterocycles. The van der Waals surface area contributed by atoms with Crippen LogP contribution < -0.4 is 15.8 Å². The molecule has 0 aliphatic carbocycles. The van der Waals surface area contributed by atoms with E-state index in [1.165, 1.54) is 0 Å². The molecule has 0 atom stereocenters. The minimum atomic E-state index is 0.474. The largest absolute Gasteiger partial charge is 0.476 e. The van der Waals surface area contributed by atoms with Gasteiger partial charge in [0.05, 0.1) is 12.3 Å². The Kier molecular flexibility index (Phi) is 4.63. The third-order valence-corrected chi connectivity index (χ3v) is 2.92. The second kappa shape index (κ2) is 6.43. The number of nitrogens with zero attached hydrogens (tertiary/aromatic N) is 1. The highest BCUT2D eigenvalue weighted by Crippen LogP contribution is 2.24. The maximum absolute atomic E-state index is 5.82. The van der Waals surface area contributed by atoms with Crippen LogP contribution in [0.3, 0.4) is 0 Å². The average Bonchev–Trinajstić information content (AvgIpc) is 2.39. The molecule has 1 aromatic carbocycles. The summed E-state index contributed by atoms with van der Waals surface area (Å²) in [6.07, 6.45) is 0.921. The fraction of sp³-hybridized carbons (Fsp3) is 0.214. The van der Waals surface area contributed by atoms with Crippen molar-refractivity contribution in [2.75, 3.05) is 17.7 Å². The van der Waals surface area contributed by atoms with Gasteiger partial charge in [-0.15, -0.1) is 0 Å². The molecule has 100 valence electrons. The first-order valence-electron chi connectivity index (χ1n) is 6.11. The third kappa shape index (κ3) is 3.86. The van der Waals surface area contributed by atoms with E-state index in [4.69, 9.17) is 10.5 Å². The molecule has 0 aliphatic rings. The van der Waals surface area contributed by atoms with Crippen molar-refractivity contribution in [2.45, 2.75) is 13.3 Å². The molecular formula is C14H16BrN3O. The van der Waals surface area contributed by atoms with E-state index in [1.54, 1.807) is 6.07 Å². The quantitative estimate of drug-likeness (QED) is 0.875.